The van der Waals surface area contributed by atoms with E-state index in [1.807, 2.05) is 0 Å². The zero-order chi connectivity index (χ0) is 9.35. The number of halogens is 5. The molecule has 0 saturated carbocycles. The molecule has 0 unspecified atom stereocenters. The third-order valence-electron chi connectivity index (χ3n) is 1.26. The summed E-state index contributed by atoms with van der Waals surface area (Å²) < 4.78 is 36.8. The van der Waals surface area contributed by atoms with Crippen LogP contribution < -0.4 is 0 Å². The zero-order valence-corrected chi connectivity index (χ0v) is 8.54. The van der Waals surface area contributed by atoms with Crippen molar-refractivity contribution in [2.24, 2.45) is 0 Å². The molecule has 66 valence electrons. The quantitative estimate of drug-likeness (QED) is 0.636. The van der Waals surface area contributed by atoms with E-state index in [4.69, 9.17) is 11.6 Å². The first-order valence-corrected chi connectivity index (χ1v) is 4.40. The van der Waals surface area contributed by atoms with E-state index >= 15 is 0 Å². The van der Waals surface area contributed by atoms with Gasteiger partial charge in [-0.05, 0) is 34.7 Å². The zero-order valence-electron chi connectivity index (χ0n) is 5.62. The normalized spacial score (nSPS) is 11.8. The van der Waals surface area contributed by atoms with Crippen molar-refractivity contribution in [1.82, 2.24) is 0 Å². The number of hydrogen-bond acceptors (Lipinski definition) is 0. The second-order valence-corrected chi connectivity index (χ2v) is 3.64. The number of alkyl halides is 3. The molecule has 0 spiro atoms. The SMILES string of the molecule is FC(F)(F)c1cccc(I)c1Cl. The van der Waals surface area contributed by atoms with Crippen molar-refractivity contribution in [2.45, 2.75) is 6.18 Å². The lowest BCUT2D eigenvalue weighted by Crippen LogP contribution is -2.06. The van der Waals surface area contributed by atoms with E-state index in [2.05, 4.69) is 0 Å². The topological polar surface area (TPSA) is 0 Å². The molecule has 0 N–H and O–H groups in total. The van der Waals surface area contributed by atoms with E-state index in [1.54, 1.807) is 22.6 Å². The molecule has 0 aromatic heterocycles. The van der Waals surface area contributed by atoms with Crippen LogP contribution >= 0.6 is 34.2 Å². The van der Waals surface area contributed by atoms with Gasteiger partial charge in [0.05, 0.1) is 10.6 Å². The molecular weight excluding hydrogens is 303 g/mol. The molecule has 0 fully saturated rings. The molecule has 0 aliphatic heterocycles. The van der Waals surface area contributed by atoms with Crippen LogP contribution in [0.4, 0.5) is 13.2 Å². The highest BCUT2D eigenvalue weighted by atomic mass is 127. The lowest BCUT2D eigenvalue weighted by atomic mass is 10.2. The Hall–Kier alpha value is 0.0300. The molecule has 1 aromatic carbocycles. The van der Waals surface area contributed by atoms with Crippen LogP contribution in [0.25, 0.3) is 0 Å². The van der Waals surface area contributed by atoms with Gasteiger partial charge in [-0.3, -0.25) is 0 Å². The average Bonchev–Trinajstić information content (AvgIpc) is 1.92. The smallest absolute Gasteiger partial charge is 0.166 e. The largest absolute Gasteiger partial charge is 0.417 e. The maximum atomic E-state index is 12.1. The minimum Gasteiger partial charge on any atom is -0.166 e. The third kappa shape index (κ3) is 2.04. The Balaban J connectivity index is 3.26. The molecule has 0 aliphatic carbocycles. The van der Waals surface area contributed by atoms with Gasteiger partial charge in [0.15, 0.2) is 0 Å². The monoisotopic (exact) mass is 306 g/mol. The maximum absolute atomic E-state index is 12.1. The van der Waals surface area contributed by atoms with Gasteiger partial charge in [-0.2, -0.15) is 13.2 Å². The summed E-state index contributed by atoms with van der Waals surface area (Å²) in [4.78, 5) is 0. The third-order valence-corrected chi connectivity index (χ3v) is 2.88. The molecule has 0 atom stereocenters. The van der Waals surface area contributed by atoms with Crippen LogP contribution in [-0.2, 0) is 6.18 Å². The molecule has 1 rings (SSSR count). The minimum absolute atomic E-state index is 0.231. The van der Waals surface area contributed by atoms with Crippen LogP contribution in [0.3, 0.4) is 0 Å². The van der Waals surface area contributed by atoms with Gasteiger partial charge in [0, 0.05) is 3.57 Å². The van der Waals surface area contributed by atoms with Crippen LogP contribution in [0, 0.1) is 3.57 Å². The van der Waals surface area contributed by atoms with E-state index in [0.29, 0.717) is 3.57 Å². The highest BCUT2D eigenvalue weighted by molar-refractivity contribution is 14.1. The highest BCUT2D eigenvalue weighted by Gasteiger charge is 2.33. The lowest BCUT2D eigenvalue weighted by molar-refractivity contribution is -0.137. The van der Waals surface area contributed by atoms with Crippen molar-refractivity contribution in [3.8, 4) is 0 Å². The summed E-state index contributed by atoms with van der Waals surface area (Å²) in [6.07, 6.45) is -4.36. The van der Waals surface area contributed by atoms with E-state index in [0.717, 1.165) is 6.07 Å². The van der Waals surface area contributed by atoms with Crippen LogP contribution in [-0.4, -0.2) is 0 Å². The van der Waals surface area contributed by atoms with Gasteiger partial charge in [0.2, 0.25) is 0 Å². The van der Waals surface area contributed by atoms with E-state index in [1.165, 1.54) is 12.1 Å². The van der Waals surface area contributed by atoms with Gasteiger partial charge in [0.25, 0.3) is 0 Å². The summed E-state index contributed by atoms with van der Waals surface area (Å²) in [5, 5.41) is -0.231. The first-order chi connectivity index (χ1) is 5.43. The van der Waals surface area contributed by atoms with Crippen LogP contribution in [0.2, 0.25) is 5.02 Å². The van der Waals surface area contributed by atoms with Crippen molar-refractivity contribution in [2.75, 3.05) is 0 Å². The van der Waals surface area contributed by atoms with Gasteiger partial charge < -0.3 is 0 Å². The molecule has 0 amide bonds. The van der Waals surface area contributed by atoms with Crippen molar-refractivity contribution in [3.63, 3.8) is 0 Å². The van der Waals surface area contributed by atoms with Gasteiger partial charge in [0.1, 0.15) is 0 Å². The highest BCUT2D eigenvalue weighted by Crippen LogP contribution is 2.36. The average molecular weight is 306 g/mol. The molecule has 5 heteroatoms. The van der Waals surface area contributed by atoms with Crippen molar-refractivity contribution >= 4 is 34.2 Å². The molecule has 0 bridgehead atoms. The van der Waals surface area contributed by atoms with Crippen LogP contribution in [0.15, 0.2) is 18.2 Å². The van der Waals surface area contributed by atoms with Crippen molar-refractivity contribution in [1.29, 1.82) is 0 Å². The molecular formula is C7H3ClF3I. The van der Waals surface area contributed by atoms with Crippen LogP contribution in [0.1, 0.15) is 5.56 Å². The Kier molecular flexibility index (Phi) is 2.88. The Labute approximate surface area is 85.9 Å². The second-order valence-electron chi connectivity index (χ2n) is 2.10. The van der Waals surface area contributed by atoms with Crippen molar-refractivity contribution < 1.29 is 13.2 Å². The fourth-order valence-electron chi connectivity index (χ4n) is 0.723. The van der Waals surface area contributed by atoms with Gasteiger partial charge >= 0.3 is 6.18 Å². The molecule has 0 aliphatic rings. The summed E-state index contributed by atoms with van der Waals surface area (Å²) in [6.45, 7) is 0. The maximum Gasteiger partial charge on any atom is 0.417 e. The standard InChI is InChI=1S/C7H3ClF3I/c8-6-4(7(9,10)11)2-1-3-5(6)12/h1-3H. The van der Waals surface area contributed by atoms with Crippen molar-refractivity contribution in [3.05, 3.63) is 32.4 Å². The van der Waals surface area contributed by atoms with E-state index in [-0.39, 0.29) is 5.02 Å². The Bertz CT molecular complexity index is 295. The summed E-state index contributed by atoms with van der Waals surface area (Å²) in [5.74, 6) is 0. The van der Waals surface area contributed by atoms with Gasteiger partial charge in [-0.15, -0.1) is 0 Å². The van der Waals surface area contributed by atoms with Gasteiger partial charge in [-0.25, -0.2) is 0 Å². The fraction of sp³-hybridized carbons (Fsp3) is 0.143. The molecule has 12 heavy (non-hydrogen) atoms. The summed E-state index contributed by atoms with van der Waals surface area (Å²) in [5.41, 5.74) is -0.781. The lowest BCUT2D eigenvalue weighted by Gasteiger charge is -2.08. The predicted octanol–water partition coefficient (Wildman–Crippen LogP) is 3.96. The summed E-state index contributed by atoms with van der Waals surface area (Å²) >= 11 is 7.21. The molecule has 0 heterocycles. The van der Waals surface area contributed by atoms with E-state index in [9.17, 15) is 13.2 Å². The summed E-state index contributed by atoms with van der Waals surface area (Å²) in [7, 11) is 0. The fourth-order valence-corrected chi connectivity index (χ4v) is 1.45. The first-order valence-electron chi connectivity index (χ1n) is 2.94. The number of hydrogen-bond donors (Lipinski definition) is 0. The summed E-state index contributed by atoms with van der Waals surface area (Å²) in [6, 6.07) is 3.82. The second kappa shape index (κ2) is 3.41. The predicted molar refractivity (Wildman–Crippen MR) is 49.2 cm³/mol. The molecule has 0 saturated heterocycles. The van der Waals surface area contributed by atoms with E-state index < -0.39 is 11.7 Å². The molecule has 0 nitrogen and oxygen atoms in total. The minimum atomic E-state index is -4.36. The van der Waals surface area contributed by atoms with Gasteiger partial charge in [-0.1, -0.05) is 17.7 Å². The molecule has 0 radical (unpaired) electrons. The molecule has 1 aromatic rings. The Morgan fingerprint density at radius 2 is 1.83 bits per heavy atom. The number of benzene rings is 1. The Morgan fingerprint density at radius 3 is 2.25 bits per heavy atom. The number of rotatable bonds is 0. The Morgan fingerprint density at radius 1 is 1.25 bits per heavy atom. The first kappa shape index (κ1) is 10.1. The van der Waals surface area contributed by atoms with Crippen LogP contribution in [0.5, 0.6) is 0 Å².